The molecule has 1 aromatic carbocycles. The lowest BCUT2D eigenvalue weighted by molar-refractivity contribution is -0.167. The Balaban J connectivity index is 3.00. The van der Waals surface area contributed by atoms with Gasteiger partial charge in [-0.2, -0.15) is 0 Å². The number of hydroxylamine groups is 1. The number of rotatable bonds is 5. The van der Waals surface area contributed by atoms with Gasteiger partial charge in [-0.1, -0.05) is 18.2 Å². The zero-order valence-corrected chi connectivity index (χ0v) is 12.0. The zero-order chi connectivity index (χ0) is 14.6. The Morgan fingerprint density at radius 2 is 2.05 bits per heavy atom. The van der Waals surface area contributed by atoms with Gasteiger partial charge in [-0.15, -0.1) is 0 Å². The number of nitrogens with two attached hydrogens (primary N) is 1. The molecule has 1 aromatic rings. The summed E-state index contributed by atoms with van der Waals surface area (Å²) < 4.78 is 23.7. The van der Waals surface area contributed by atoms with Crippen LogP contribution in [-0.2, 0) is 32.7 Å². The van der Waals surface area contributed by atoms with Gasteiger partial charge in [0.2, 0.25) is 10.0 Å². The van der Waals surface area contributed by atoms with E-state index >= 15 is 0 Å². The van der Waals surface area contributed by atoms with Crippen molar-refractivity contribution in [1.82, 2.24) is 4.47 Å². The molecule has 0 amide bonds. The molecule has 1 rings (SSSR count). The smallest absolute Gasteiger partial charge is 0.323 e. The van der Waals surface area contributed by atoms with Gasteiger partial charge in [-0.25, -0.2) is 8.42 Å². The molecule has 0 bridgehead atoms. The summed E-state index contributed by atoms with van der Waals surface area (Å²) in [5, 5.41) is 0. The molecule has 0 spiro atoms. The molecule has 0 aliphatic heterocycles. The average Bonchev–Trinajstić information content (AvgIpc) is 2.28. The number of hydrogen-bond donors (Lipinski definition) is 1. The van der Waals surface area contributed by atoms with E-state index in [0.717, 1.165) is 24.3 Å². The standard InChI is InChI=1S/C12H18N2O4S/c1-9-4-5-11(6-12(9)7-13)8-14(18-10(2)15)19(3,16)17/h4-6H,7-8,13H2,1-3H3. The van der Waals surface area contributed by atoms with E-state index in [1.165, 1.54) is 0 Å². The van der Waals surface area contributed by atoms with Crippen molar-refractivity contribution in [3.63, 3.8) is 0 Å². The topological polar surface area (TPSA) is 89.7 Å². The van der Waals surface area contributed by atoms with Gasteiger partial charge >= 0.3 is 5.97 Å². The predicted octanol–water partition coefficient (Wildman–Crippen LogP) is 0.693. The SMILES string of the molecule is CC(=O)ON(Cc1ccc(C)c(CN)c1)S(C)(=O)=O. The van der Waals surface area contributed by atoms with Crippen molar-refractivity contribution in [2.24, 2.45) is 5.73 Å². The van der Waals surface area contributed by atoms with E-state index < -0.39 is 16.0 Å². The van der Waals surface area contributed by atoms with Crippen LogP contribution < -0.4 is 5.73 Å². The van der Waals surface area contributed by atoms with Crippen LogP contribution in [0.15, 0.2) is 18.2 Å². The molecule has 0 saturated carbocycles. The normalized spacial score (nSPS) is 11.6. The van der Waals surface area contributed by atoms with Gasteiger partial charge in [0.05, 0.1) is 12.8 Å². The fourth-order valence-corrected chi connectivity index (χ4v) is 2.18. The van der Waals surface area contributed by atoms with Crippen LogP contribution in [-0.4, -0.2) is 25.1 Å². The van der Waals surface area contributed by atoms with Crippen LogP contribution in [0.4, 0.5) is 0 Å². The summed E-state index contributed by atoms with van der Waals surface area (Å²) in [4.78, 5) is 15.6. The van der Waals surface area contributed by atoms with Crippen molar-refractivity contribution in [2.45, 2.75) is 26.9 Å². The highest BCUT2D eigenvalue weighted by Crippen LogP contribution is 2.14. The van der Waals surface area contributed by atoms with Crippen LogP contribution in [0.1, 0.15) is 23.6 Å². The van der Waals surface area contributed by atoms with E-state index in [4.69, 9.17) is 10.6 Å². The molecule has 0 atom stereocenters. The molecule has 0 saturated heterocycles. The van der Waals surface area contributed by atoms with Crippen LogP contribution in [0.3, 0.4) is 0 Å². The molecule has 7 heteroatoms. The van der Waals surface area contributed by atoms with E-state index in [1.54, 1.807) is 12.1 Å². The first-order valence-electron chi connectivity index (χ1n) is 5.68. The summed E-state index contributed by atoms with van der Waals surface area (Å²) >= 11 is 0. The minimum Gasteiger partial charge on any atom is -0.353 e. The second-order valence-corrected chi connectivity index (χ2v) is 6.15. The van der Waals surface area contributed by atoms with Crippen LogP contribution in [0.2, 0.25) is 0 Å². The molecular formula is C12H18N2O4S. The van der Waals surface area contributed by atoms with E-state index in [0.29, 0.717) is 16.6 Å². The lowest BCUT2D eigenvalue weighted by Crippen LogP contribution is -2.31. The summed E-state index contributed by atoms with van der Waals surface area (Å²) in [5.41, 5.74) is 8.26. The minimum absolute atomic E-state index is 0.0360. The van der Waals surface area contributed by atoms with Gasteiger partial charge in [0.15, 0.2) is 0 Å². The Bertz CT molecular complexity index is 569. The summed E-state index contributed by atoms with van der Waals surface area (Å²) in [5.74, 6) is -0.684. The Morgan fingerprint density at radius 3 is 2.53 bits per heavy atom. The van der Waals surface area contributed by atoms with Gasteiger partial charge in [-0.3, -0.25) is 4.79 Å². The van der Waals surface area contributed by atoms with Crippen LogP contribution in [0.25, 0.3) is 0 Å². The average molecular weight is 286 g/mol. The third-order valence-corrected chi connectivity index (χ3v) is 3.49. The van der Waals surface area contributed by atoms with Gasteiger partial charge in [-0.05, 0) is 28.1 Å². The molecule has 6 nitrogen and oxygen atoms in total. The fraction of sp³-hybridized carbons (Fsp3) is 0.417. The number of aryl methyl sites for hydroxylation is 1. The van der Waals surface area contributed by atoms with Crippen molar-refractivity contribution >= 4 is 16.0 Å². The van der Waals surface area contributed by atoms with Crippen LogP contribution >= 0.6 is 0 Å². The van der Waals surface area contributed by atoms with Crippen molar-refractivity contribution in [2.75, 3.05) is 6.26 Å². The summed E-state index contributed by atoms with van der Waals surface area (Å²) in [6.45, 7) is 3.41. The number of sulfonamides is 1. The van der Waals surface area contributed by atoms with Gasteiger partial charge in [0.1, 0.15) is 0 Å². The number of carbonyl (C=O) groups is 1. The first kappa shape index (κ1) is 15.6. The molecule has 0 aliphatic carbocycles. The van der Waals surface area contributed by atoms with Crippen molar-refractivity contribution in [3.05, 3.63) is 34.9 Å². The molecule has 2 N–H and O–H groups in total. The maximum atomic E-state index is 11.5. The monoisotopic (exact) mass is 286 g/mol. The summed E-state index contributed by atoms with van der Waals surface area (Å²) in [7, 11) is -3.63. The molecule has 106 valence electrons. The minimum atomic E-state index is -3.63. The lowest BCUT2D eigenvalue weighted by Gasteiger charge is -2.18. The van der Waals surface area contributed by atoms with Crippen LogP contribution in [0.5, 0.6) is 0 Å². The molecule has 0 fully saturated rings. The molecule has 19 heavy (non-hydrogen) atoms. The number of hydrogen-bond acceptors (Lipinski definition) is 5. The number of nitrogens with zero attached hydrogens (tertiary/aromatic N) is 1. The highest BCUT2D eigenvalue weighted by atomic mass is 32.2. The summed E-state index contributed by atoms with van der Waals surface area (Å²) in [6, 6.07) is 5.43. The first-order chi connectivity index (χ1) is 8.74. The molecule has 0 radical (unpaired) electrons. The second kappa shape index (κ2) is 6.14. The Kier molecular flexibility index (Phi) is 5.04. The molecular weight excluding hydrogens is 268 g/mol. The predicted molar refractivity (Wildman–Crippen MR) is 71.2 cm³/mol. The fourth-order valence-electron chi connectivity index (χ4n) is 1.55. The highest BCUT2D eigenvalue weighted by molar-refractivity contribution is 7.88. The highest BCUT2D eigenvalue weighted by Gasteiger charge is 2.20. The zero-order valence-electron chi connectivity index (χ0n) is 11.2. The van der Waals surface area contributed by atoms with E-state index in [1.807, 2.05) is 13.0 Å². The van der Waals surface area contributed by atoms with E-state index in [2.05, 4.69) is 0 Å². The van der Waals surface area contributed by atoms with Crippen molar-refractivity contribution < 1.29 is 18.0 Å². The number of benzene rings is 1. The maximum Gasteiger partial charge on any atom is 0.323 e. The van der Waals surface area contributed by atoms with Crippen molar-refractivity contribution in [3.8, 4) is 0 Å². The number of carbonyl (C=O) groups excluding carboxylic acids is 1. The maximum absolute atomic E-state index is 11.5. The first-order valence-corrected chi connectivity index (χ1v) is 7.53. The summed E-state index contributed by atoms with van der Waals surface area (Å²) in [6.07, 6.45) is 0.980. The second-order valence-electron chi connectivity index (χ2n) is 4.27. The van der Waals surface area contributed by atoms with Gasteiger partial charge in [0, 0.05) is 13.5 Å². The Morgan fingerprint density at radius 1 is 1.42 bits per heavy atom. The molecule has 0 aromatic heterocycles. The Labute approximate surface area is 113 Å². The molecule has 0 heterocycles. The third-order valence-electron chi connectivity index (χ3n) is 2.55. The molecule has 0 aliphatic rings. The van der Waals surface area contributed by atoms with Crippen LogP contribution in [0, 0.1) is 6.92 Å². The van der Waals surface area contributed by atoms with E-state index in [-0.39, 0.29) is 6.54 Å². The molecule has 0 unspecified atom stereocenters. The van der Waals surface area contributed by atoms with Gasteiger partial charge < -0.3 is 10.6 Å². The third kappa shape index (κ3) is 4.62. The quantitative estimate of drug-likeness (QED) is 0.804. The van der Waals surface area contributed by atoms with E-state index in [9.17, 15) is 13.2 Å². The van der Waals surface area contributed by atoms with Crippen molar-refractivity contribution in [1.29, 1.82) is 0 Å². The lowest BCUT2D eigenvalue weighted by atomic mass is 10.1. The van der Waals surface area contributed by atoms with Gasteiger partial charge in [0.25, 0.3) is 0 Å². The Hall–Kier alpha value is -1.44. The largest absolute Gasteiger partial charge is 0.353 e.